The van der Waals surface area contributed by atoms with Gasteiger partial charge in [0, 0.05) is 30.7 Å². The predicted molar refractivity (Wildman–Crippen MR) is 116 cm³/mol. The highest BCUT2D eigenvalue weighted by Gasteiger charge is 2.31. The number of carbonyl (C=O) groups excluding carboxylic acids is 1. The van der Waals surface area contributed by atoms with Crippen molar-refractivity contribution in [1.29, 1.82) is 0 Å². The summed E-state index contributed by atoms with van der Waals surface area (Å²) >= 11 is 12.1. The highest BCUT2D eigenvalue weighted by Crippen LogP contribution is 2.33. The summed E-state index contributed by atoms with van der Waals surface area (Å²) in [6.45, 7) is 1.50. The zero-order valence-electron chi connectivity index (χ0n) is 15.9. The molecular formula is C22H21Cl2N3O2. The summed E-state index contributed by atoms with van der Waals surface area (Å²) in [5.74, 6) is 0.782. The summed E-state index contributed by atoms with van der Waals surface area (Å²) < 4.78 is 7.50. The van der Waals surface area contributed by atoms with Crippen LogP contribution in [0.3, 0.4) is 0 Å². The first kappa shape index (κ1) is 19.7. The Morgan fingerprint density at radius 2 is 1.86 bits per heavy atom. The van der Waals surface area contributed by atoms with E-state index >= 15 is 0 Å². The third-order valence-corrected chi connectivity index (χ3v) is 5.86. The molecule has 2 heterocycles. The Hall–Kier alpha value is -2.63. The quantitative estimate of drug-likeness (QED) is 0.568. The van der Waals surface area contributed by atoms with E-state index in [4.69, 9.17) is 27.9 Å². The third kappa shape index (κ3) is 4.07. The normalized spacial score (nSPS) is 16.1. The van der Waals surface area contributed by atoms with Crippen LogP contribution in [0.5, 0.6) is 5.75 Å². The average molecular weight is 430 g/mol. The van der Waals surface area contributed by atoms with Crippen LogP contribution in [0.25, 0.3) is 0 Å². The number of ether oxygens (including phenoxy) is 1. The van der Waals surface area contributed by atoms with Crippen LogP contribution >= 0.6 is 23.2 Å². The number of halogens is 2. The molecule has 1 N–H and O–H groups in total. The molecule has 0 spiro atoms. The highest BCUT2D eigenvalue weighted by molar-refractivity contribution is 6.42. The number of aryl methyl sites for hydroxylation is 1. The molecule has 7 heteroatoms. The maximum Gasteiger partial charge on any atom is 0.322 e. The van der Waals surface area contributed by atoms with Crippen LogP contribution in [0, 0.1) is 0 Å². The fourth-order valence-corrected chi connectivity index (χ4v) is 4.00. The van der Waals surface area contributed by atoms with Crippen molar-refractivity contribution in [3.8, 4) is 5.75 Å². The number of benzene rings is 2. The monoisotopic (exact) mass is 429 g/mol. The van der Waals surface area contributed by atoms with Crippen LogP contribution in [-0.4, -0.2) is 29.2 Å². The number of rotatable bonds is 3. The van der Waals surface area contributed by atoms with Gasteiger partial charge in [0.15, 0.2) is 0 Å². The molecular weight excluding hydrogens is 409 g/mol. The first-order chi connectivity index (χ1) is 14.1. The van der Waals surface area contributed by atoms with E-state index in [1.165, 1.54) is 0 Å². The van der Waals surface area contributed by atoms with Crippen LogP contribution in [0.1, 0.15) is 23.7 Å². The van der Waals surface area contributed by atoms with Gasteiger partial charge in [-0.3, -0.25) is 0 Å². The molecule has 0 saturated carbocycles. The summed E-state index contributed by atoms with van der Waals surface area (Å²) in [7, 11) is 1.64. The molecule has 1 atom stereocenters. The number of hydrogen-bond acceptors (Lipinski definition) is 2. The Morgan fingerprint density at radius 3 is 2.59 bits per heavy atom. The van der Waals surface area contributed by atoms with Crippen LogP contribution in [0.4, 0.5) is 10.5 Å². The molecule has 1 aliphatic heterocycles. The van der Waals surface area contributed by atoms with E-state index in [1.54, 1.807) is 25.3 Å². The van der Waals surface area contributed by atoms with Gasteiger partial charge >= 0.3 is 6.03 Å². The smallest absolute Gasteiger partial charge is 0.322 e. The number of aromatic nitrogens is 1. The van der Waals surface area contributed by atoms with Crippen molar-refractivity contribution in [2.45, 2.75) is 19.0 Å². The molecule has 2 amide bonds. The van der Waals surface area contributed by atoms with E-state index in [9.17, 15) is 4.79 Å². The third-order valence-electron chi connectivity index (χ3n) is 5.12. The minimum atomic E-state index is -0.207. The van der Waals surface area contributed by atoms with Crippen molar-refractivity contribution in [2.24, 2.45) is 0 Å². The van der Waals surface area contributed by atoms with E-state index in [2.05, 4.69) is 22.1 Å². The minimum Gasteiger partial charge on any atom is -0.497 e. The Labute approximate surface area is 179 Å². The number of methoxy groups -OCH3 is 1. The molecule has 0 saturated heterocycles. The van der Waals surface area contributed by atoms with Crippen molar-refractivity contribution >= 4 is 34.9 Å². The fourth-order valence-electron chi connectivity index (χ4n) is 3.70. The minimum absolute atomic E-state index is 0.182. The summed E-state index contributed by atoms with van der Waals surface area (Å²) in [5.41, 5.74) is 2.71. The van der Waals surface area contributed by atoms with E-state index in [0.29, 0.717) is 22.3 Å². The van der Waals surface area contributed by atoms with Gasteiger partial charge in [0.25, 0.3) is 0 Å². The van der Waals surface area contributed by atoms with Gasteiger partial charge in [0.2, 0.25) is 0 Å². The number of nitrogens with one attached hydrogen (secondary N) is 1. The van der Waals surface area contributed by atoms with Gasteiger partial charge < -0.3 is 19.5 Å². The van der Waals surface area contributed by atoms with Crippen LogP contribution in [0.2, 0.25) is 10.0 Å². The van der Waals surface area contributed by atoms with Gasteiger partial charge in [-0.15, -0.1) is 0 Å². The first-order valence-electron chi connectivity index (χ1n) is 9.38. The summed E-state index contributed by atoms with van der Waals surface area (Å²) in [5, 5.41) is 3.82. The van der Waals surface area contributed by atoms with Crippen molar-refractivity contribution in [2.75, 3.05) is 19.0 Å². The van der Waals surface area contributed by atoms with E-state index < -0.39 is 0 Å². The van der Waals surface area contributed by atoms with Crippen LogP contribution in [-0.2, 0) is 6.54 Å². The molecule has 29 heavy (non-hydrogen) atoms. The molecule has 1 aliphatic rings. The van der Waals surface area contributed by atoms with Crippen molar-refractivity contribution in [3.63, 3.8) is 0 Å². The van der Waals surface area contributed by atoms with Crippen molar-refractivity contribution in [1.82, 2.24) is 9.47 Å². The lowest BCUT2D eigenvalue weighted by Gasteiger charge is -2.31. The second-order valence-electron chi connectivity index (χ2n) is 6.91. The second-order valence-corrected chi connectivity index (χ2v) is 7.72. The highest BCUT2D eigenvalue weighted by atomic mass is 35.5. The molecule has 0 fully saturated rings. The molecule has 0 bridgehead atoms. The lowest BCUT2D eigenvalue weighted by molar-refractivity contribution is 0.199. The summed E-state index contributed by atoms with van der Waals surface area (Å²) in [4.78, 5) is 15.1. The van der Waals surface area contributed by atoms with Crippen LogP contribution in [0.15, 0.2) is 60.8 Å². The molecule has 1 unspecified atom stereocenters. The maximum atomic E-state index is 13.3. The Morgan fingerprint density at radius 1 is 1.07 bits per heavy atom. The van der Waals surface area contributed by atoms with E-state index in [-0.39, 0.29) is 12.1 Å². The molecule has 2 aromatic carbocycles. The molecule has 4 rings (SSSR count). The average Bonchev–Trinajstić information content (AvgIpc) is 3.10. The molecule has 3 aromatic rings. The SMILES string of the molecule is COc1ccc(C2c3cccn3CCCN2C(=O)Nc2ccc(Cl)c(Cl)c2)cc1. The predicted octanol–water partition coefficient (Wildman–Crippen LogP) is 5.83. The van der Waals surface area contributed by atoms with Crippen molar-refractivity contribution in [3.05, 3.63) is 82.1 Å². The lowest BCUT2D eigenvalue weighted by atomic mass is 10.0. The van der Waals surface area contributed by atoms with Crippen molar-refractivity contribution < 1.29 is 9.53 Å². The van der Waals surface area contributed by atoms with E-state index in [0.717, 1.165) is 30.0 Å². The maximum absolute atomic E-state index is 13.3. The standard InChI is InChI=1S/C22H21Cl2N3O2/c1-29-17-8-5-15(6-9-17)21-20-4-2-11-26(20)12-3-13-27(21)22(28)25-16-7-10-18(23)19(24)14-16/h2,4-11,14,21H,3,12-13H2,1H3,(H,25,28). The lowest BCUT2D eigenvalue weighted by Crippen LogP contribution is -2.38. The van der Waals surface area contributed by atoms with Gasteiger partial charge in [-0.25, -0.2) is 4.79 Å². The number of urea groups is 1. The van der Waals surface area contributed by atoms with Crippen LogP contribution < -0.4 is 10.1 Å². The number of amides is 2. The van der Waals surface area contributed by atoms with Gasteiger partial charge in [-0.2, -0.15) is 0 Å². The molecule has 0 radical (unpaired) electrons. The number of carbonyl (C=O) groups is 1. The second kappa shape index (κ2) is 8.39. The van der Waals surface area contributed by atoms with Gasteiger partial charge in [-0.1, -0.05) is 35.3 Å². The zero-order valence-corrected chi connectivity index (χ0v) is 17.5. The number of anilines is 1. The first-order valence-corrected chi connectivity index (χ1v) is 10.1. The topological polar surface area (TPSA) is 46.5 Å². The Balaban J connectivity index is 1.68. The molecule has 150 valence electrons. The molecule has 1 aromatic heterocycles. The summed E-state index contributed by atoms with van der Waals surface area (Å²) in [6, 6.07) is 16.6. The van der Waals surface area contributed by atoms with Gasteiger partial charge in [0.05, 0.1) is 23.2 Å². The Kier molecular flexibility index (Phi) is 5.69. The molecule has 0 aliphatic carbocycles. The van der Waals surface area contributed by atoms with Gasteiger partial charge in [-0.05, 0) is 54.4 Å². The number of nitrogens with zero attached hydrogens (tertiary/aromatic N) is 2. The Bertz CT molecular complexity index is 1020. The number of fused-ring (bicyclic) bond motifs is 1. The largest absolute Gasteiger partial charge is 0.497 e. The number of hydrogen-bond donors (Lipinski definition) is 1. The van der Waals surface area contributed by atoms with Gasteiger partial charge in [0.1, 0.15) is 5.75 Å². The van der Waals surface area contributed by atoms with E-state index in [1.807, 2.05) is 35.2 Å². The zero-order chi connectivity index (χ0) is 20.4. The molecule has 5 nitrogen and oxygen atoms in total. The summed E-state index contributed by atoms with van der Waals surface area (Å²) in [6.07, 6.45) is 2.93. The fraction of sp³-hybridized carbons (Fsp3) is 0.227.